The number of rotatable bonds is 3. The van der Waals surface area contributed by atoms with E-state index >= 15 is 0 Å². The molecule has 0 spiro atoms. The number of nitrogens with one attached hydrogen (secondary N) is 1. The molecule has 4 atom stereocenters. The Bertz CT molecular complexity index is 139. The highest BCUT2D eigenvalue weighted by atomic mass is 16.5. The molecule has 1 rings (SSSR count). The summed E-state index contributed by atoms with van der Waals surface area (Å²) in [5.41, 5.74) is 0. The Morgan fingerprint density at radius 3 is 2.31 bits per heavy atom. The molecule has 0 amide bonds. The Kier molecular flexibility index (Phi) is 4.20. The van der Waals surface area contributed by atoms with Crippen LogP contribution in [0.5, 0.6) is 0 Å². The molecule has 2 nitrogen and oxygen atoms in total. The first-order valence-corrected chi connectivity index (χ1v) is 5.53. The van der Waals surface area contributed by atoms with E-state index in [1.165, 1.54) is 6.42 Å². The van der Waals surface area contributed by atoms with Gasteiger partial charge in [0.15, 0.2) is 0 Å². The van der Waals surface area contributed by atoms with E-state index in [2.05, 4.69) is 33.0 Å². The van der Waals surface area contributed by atoms with E-state index in [9.17, 15) is 0 Å². The van der Waals surface area contributed by atoms with Crippen LogP contribution in [0.15, 0.2) is 0 Å². The summed E-state index contributed by atoms with van der Waals surface area (Å²) in [4.78, 5) is 0. The van der Waals surface area contributed by atoms with E-state index < -0.39 is 0 Å². The summed E-state index contributed by atoms with van der Waals surface area (Å²) in [5.74, 6) is 0. The fraction of sp³-hybridized carbons (Fsp3) is 1.00. The van der Waals surface area contributed by atoms with Gasteiger partial charge in [0.05, 0.1) is 12.2 Å². The zero-order valence-corrected chi connectivity index (χ0v) is 9.34. The third-order valence-corrected chi connectivity index (χ3v) is 2.83. The second kappa shape index (κ2) is 4.97. The summed E-state index contributed by atoms with van der Waals surface area (Å²) in [6.45, 7) is 8.82. The van der Waals surface area contributed by atoms with Crippen molar-refractivity contribution >= 4 is 0 Å². The maximum absolute atomic E-state index is 5.69. The molecule has 0 aromatic heterocycles. The monoisotopic (exact) mass is 185 g/mol. The lowest BCUT2D eigenvalue weighted by Crippen LogP contribution is -2.44. The fourth-order valence-electron chi connectivity index (χ4n) is 2.06. The highest BCUT2D eigenvalue weighted by Crippen LogP contribution is 2.19. The summed E-state index contributed by atoms with van der Waals surface area (Å²) in [6, 6.07) is 1.30. The standard InChI is InChI=1S/C11H23NO/c1-5-8(2)12-11-6-9(3)13-10(4)7-11/h8-12H,5-7H2,1-4H3/t8-,9-,10+,11?/m1/s1. The van der Waals surface area contributed by atoms with Crippen LogP contribution in [0.4, 0.5) is 0 Å². The Labute approximate surface area is 82.0 Å². The van der Waals surface area contributed by atoms with Crippen LogP contribution in [0.1, 0.15) is 47.0 Å². The van der Waals surface area contributed by atoms with Crippen LogP contribution in [-0.4, -0.2) is 24.3 Å². The van der Waals surface area contributed by atoms with Crippen LogP contribution >= 0.6 is 0 Å². The highest BCUT2D eigenvalue weighted by Gasteiger charge is 2.24. The molecule has 1 N–H and O–H groups in total. The minimum atomic E-state index is 0.422. The third-order valence-electron chi connectivity index (χ3n) is 2.83. The number of hydrogen-bond donors (Lipinski definition) is 1. The van der Waals surface area contributed by atoms with Crippen molar-refractivity contribution in [1.29, 1.82) is 0 Å². The van der Waals surface area contributed by atoms with Gasteiger partial charge in [0.25, 0.3) is 0 Å². The van der Waals surface area contributed by atoms with Gasteiger partial charge in [-0.15, -0.1) is 0 Å². The van der Waals surface area contributed by atoms with Crippen LogP contribution in [0.2, 0.25) is 0 Å². The molecule has 0 saturated carbocycles. The van der Waals surface area contributed by atoms with Gasteiger partial charge in [-0.1, -0.05) is 6.92 Å². The maximum Gasteiger partial charge on any atom is 0.0565 e. The smallest absolute Gasteiger partial charge is 0.0565 e. The topological polar surface area (TPSA) is 21.3 Å². The summed E-state index contributed by atoms with van der Waals surface area (Å²) in [7, 11) is 0. The normalized spacial score (nSPS) is 37.4. The lowest BCUT2D eigenvalue weighted by atomic mass is 9.99. The first-order valence-electron chi connectivity index (χ1n) is 5.53. The average molecular weight is 185 g/mol. The molecule has 2 heteroatoms. The molecule has 0 aromatic rings. The predicted octanol–water partition coefficient (Wildman–Crippen LogP) is 2.33. The van der Waals surface area contributed by atoms with Crippen molar-refractivity contribution < 1.29 is 4.74 Å². The maximum atomic E-state index is 5.69. The molecule has 1 aliphatic rings. The molecule has 0 aromatic carbocycles. The predicted molar refractivity (Wildman–Crippen MR) is 55.9 cm³/mol. The fourth-order valence-corrected chi connectivity index (χ4v) is 2.06. The summed E-state index contributed by atoms with van der Waals surface area (Å²) >= 11 is 0. The van der Waals surface area contributed by atoms with Crippen LogP contribution in [-0.2, 0) is 4.74 Å². The van der Waals surface area contributed by atoms with Gasteiger partial charge in [0, 0.05) is 12.1 Å². The van der Waals surface area contributed by atoms with Crippen molar-refractivity contribution in [3.63, 3.8) is 0 Å². The molecular weight excluding hydrogens is 162 g/mol. The largest absolute Gasteiger partial charge is 0.375 e. The Morgan fingerprint density at radius 1 is 1.31 bits per heavy atom. The van der Waals surface area contributed by atoms with Gasteiger partial charge < -0.3 is 10.1 Å². The highest BCUT2D eigenvalue weighted by molar-refractivity contribution is 4.80. The molecule has 0 bridgehead atoms. The zero-order valence-electron chi connectivity index (χ0n) is 9.34. The van der Waals surface area contributed by atoms with Gasteiger partial charge in [-0.05, 0) is 40.0 Å². The molecule has 0 radical (unpaired) electrons. The summed E-state index contributed by atoms with van der Waals surface area (Å²) < 4.78 is 5.69. The van der Waals surface area contributed by atoms with Crippen LogP contribution in [0, 0.1) is 0 Å². The first-order chi connectivity index (χ1) is 6.11. The van der Waals surface area contributed by atoms with Gasteiger partial charge >= 0.3 is 0 Å². The zero-order chi connectivity index (χ0) is 9.84. The summed E-state index contributed by atoms with van der Waals surface area (Å²) in [6.07, 6.45) is 4.37. The van der Waals surface area contributed by atoms with E-state index in [4.69, 9.17) is 4.74 Å². The molecular formula is C11H23NO. The van der Waals surface area contributed by atoms with E-state index in [1.54, 1.807) is 0 Å². The average Bonchev–Trinajstić information content (AvgIpc) is 2.02. The van der Waals surface area contributed by atoms with E-state index in [1.807, 2.05) is 0 Å². The molecule has 78 valence electrons. The molecule has 1 fully saturated rings. The van der Waals surface area contributed by atoms with Crippen molar-refractivity contribution in [2.45, 2.75) is 71.2 Å². The number of ether oxygens (including phenoxy) is 1. The minimum Gasteiger partial charge on any atom is -0.375 e. The molecule has 1 heterocycles. The molecule has 1 saturated heterocycles. The quantitative estimate of drug-likeness (QED) is 0.728. The first kappa shape index (κ1) is 11.0. The molecule has 1 aliphatic heterocycles. The molecule has 13 heavy (non-hydrogen) atoms. The lowest BCUT2D eigenvalue weighted by Gasteiger charge is -2.34. The lowest BCUT2D eigenvalue weighted by molar-refractivity contribution is -0.0433. The Morgan fingerprint density at radius 2 is 1.85 bits per heavy atom. The van der Waals surface area contributed by atoms with Crippen molar-refractivity contribution in [1.82, 2.24) is 5.32 Å². The number of hydrogen-bond acceptors (Lipinski definition) is 2. The Hall–Kier alpha value is -0.0800. The van der Waals surface area contributed by atoms with Crippen LogP contribution < -0.4 is 5.32 Å². The van der Waals surface area contributed by atoms with Crippen molar-refractivity contribution in [3.8, 4) is 0 Å². The van der Waals surface area contributed by atoms with Gasteiger partial charge in [0.2, 0.25) is 0 Å². The van der Waals surface area contributed by atoms with E-state index in [-0.39, 0.29) is 0 Å². The van der Waals surface area contributed by atoms with Gasteiger partial charge in [0.1, 0.15) is 0 Å². The van der Waals surface area contributed by atoms with E-state index in [0.717, 1.165) is 12.8 Å². The second-order valence-electron chi connectivity index (χ2n) is 4.40. The van der Waals surface area contributed by atoms with Gasteiger partial charge in [-0.25, -0.2) is 0 Å². The van der Waals surface area contributed by atoms with E-state index in [0.29, 0.717) is 24.3 Å². The van der Waals surface area contributed by atoms with Gasteiger partial charge in [-0.2, -0.15) is 0 Å². The second-order valence-corrected chi connectivity index (χ2v) is 4.40. The molecule has 0 aliphatic carbocycles. The van der Waals surface area contributed by atoms with Crippen molar-refractivity contribution in [3.05, 3.63) is 0 Å². The van der Waals surface area contributed by atoms with Crippen molar-refractivity contribution in [2.75, 3.05) is 0 Å². The van der Waals surface area contributed by atoms with Crippen LogP contribution in [0.25, 0.3) is 0 Å². The SMILES string of the molecule is CC[C@@H](C)NC1C[C@@H](C)O[C@@H](C)C1. The van der Waals surface area contributed by atoms with Crippen molar-refractivity contribution in [2.24, 2.45) is 0 Å². The molecule has 1 unspecified atom stereocenters. The van der Waals surface area contributed by atoms with Crippen LogP contribution in [0.3, 0.4) is 0 Å². The van der Waals surface area contributed by atoms with Gasteiger partial charge in [-0.3, -0.25) is 0 Å². The third kappa shape index (κ3) is 3.65. The summed E-state index contributed by atoms with van der Waals surface area (Å²) in [5, 5.41) is 3.65. The Balaban J connectivity index is 2.32. The minimum absolute atomic E-state index is 0.422.